The molecular weight excluding hydrogens is 256 g/mol. The molecule has 5 nitrogen and oxygen atoms in total. The van der Waals surface area contributed by atoms with E-state index in [9.17, 15) is 4.79 Å². The number of hydrogen-bond acceptors (Lipinski definition) is 4. The van der Waals surface area contributed by atoms with Crippen molar-refractivity contribution in [3.63, 3.8) is 0 Å². The van der Waals surface area contributed by atoms with E-state index in [1.165, 1.54) is 0 Å². The number of hydrogen-bond donors (Lipinski definition) is 0. The Kier molecular flexibility index (Phi) is 4.59. The summed E-state index contributed by atoms with van der Waals surface area (Å²) >= 11 is 0. The zero-order chi connectivity index (χ0) is 14.8. The SMILES string of the molecule is CC(C)(C)OC(=O)N1CCC(C)(N2CCOCC2)CC1. The Morgan fingerprint density at radius 3 is 2.15 bits per heavy atom. The minimum absolute atomic E-state index is 0.179. The number of morpholine rings is 1. The number of carbonyl (C=O) groups is 1. The standard InChI is InChI=1S/C15H28N2O3/c1-14(2,3)20-13(18)16-7-5-15(4,6-8-16)17-9-11-19-12-10-17/h5-12H2,1-4H3. The molecule has 1 amide bonds. The Bertz CT molecular complexity index is 338. The Morgan fingerprint density at radius 1 is 1.10 bits per heavy atom. The maximum absolute atomic E-state index is 12.1. The summed E-state index contributed by atoms with van der Waals surface area (Å²) in [5.74, 6) is 0. The first-order chi connectivity index (χ1) is 9.30. The van der Waals surface area contributed by atoms with E-state index >= 15 is 0 Å². The van der Waals surface area contributed by atoms with E-state index in [4.69, 9.17) is 9.47 Å². The molecule has 0 atom stereocenters. The van der Waals surface area contributed by atoms with Crippen molar-refractivity contribution in [2.24, 2.45) is 0 Å². The molecular formula is C15H28N2O3. The minimum atomic E-state index is -0.415. The normalized spacial score (nSPS) is 24.5. The fraction of sp³-hybridized carbons (Fsp3) is 0.933. The first-order valence-electron chi connectivity index (χ1n) is 7.61. The van der Waals surface area contributed by atoms with Gasteiger partial charge in [0.1, 0.15) is 5.60 Å². The van der Waals surface area contributed by atoms with Crippen LogP contribution in [-0.2, 0) is 9.47 Å². The Labute approximate surface area is 122 Å². The second kappa shape index (κ2) is 5.90. The van der Waals surface area contributed by atoms with Crippen LogP contribution in [-0.4, -0.2) is 66.4 Å². The van der Waals surface area contributed by atoms with Gasteiger partial charge in [-0.3, -0.25) is 4.90 Å². The lowest BCUT2D eigenvalue weighted by Crippen LogP contribution is -2.57. The van der Waals surface area contributed by atoms with Crippen LogP contribution < -0.4 is 0 Å². The van der Waals surface area contributed by atoms with E-state index in [1.807, 2.05) is 25.7 Å². The maximum atomic E-state index is 12.1. The van der Waals surface area contributed by atoms with Gasteiger partial charge in [0.15, 0.2) is 0 Å². The zero-order valence-electron chi connectivity index (χ0n) is 13.3. The molecule has 2 aliphatic heterocycles. The molecule has 0 unspecified atom stereocenters. The Hall–Kier alpha value is -0.810. The number of amides is 1. The average molecular weight is 284 g/mol. The van der Waals surface area contributed by atoms with Crippen molar-refractivity contribution in [3.8, 4) is 0 Å². The molecule has 0 aromatic heterocycles. The molecule has 0 aromatic rings. The fourth-order valence-electron chi connectivity index (χ4n) is 2.92. The first kappa shape index (κ1) is 15.6. The van der Waals surface area contributed by atoms with Crippen molar-refractivity contribution in [1.82, 2.24) is 9.80 Å². The second-order valence-corrected chi connectivity index (χ2v) is 7.06. The van der Waals surface area contributed by atoms with Crippen molar-refractivity contribution in [2.75, 3.05) is 39.4 Å². The zero-order valence-corrected chi connectivity index (χ0v) is 13.3. The van der Waals surface area contributed by atoms with Gasteiger partial charge in [0.05, 0.1) is 13.2 Å². The lowest BCUT2D eigenvalue weighted by Gasteiger charge is -2.48. The molecule has 2 rings (SSSR count). The lowest BCUT2D eigenvalue weighted by atomic mass is 9.87. The van der Waals surface area contributed by atoms with E-state index in [0.29, 0.717) is 0 Å². The average Bonchev–Trinajstić information content (AvgIpc) is 2.38. The maximum Gasteiger partial charge on any atom is 0.410 e. The smallest absolute Gasteiger partial charge is 0.410 e. The van der Waals surface area contributed by atoms with Gasteiger partial charge in [-0.25, -0.2) is 4.79 Å². The summed E-state index contributed by atoms with van der Waals surface area (Å²) < 4.78 is 10.9. The molecule has 0 radical (unpaired) electrons. The highest BCUT2D eigenvalue weighted by atomic mass is 16.6. The van der Waals surface area contributed by atoms with Crippen LogP contribution in [0, 0.1) is 0 Å². The summed E-state index contributed by atoms with van der Waals surface area (Å²) in [5, 5.41) is 0. The molecule has 0 N–H and O–H groups in total. The summed E-state index contributed by atoms with van der Waals surface area (Å²) in [5.41, 5.74) is -0.218. The van der Waals surface area contributed by atoms with Gasteiger partial charge < -0.3 is 14.4 Å². The van der Waals surface area contributed by atoms with Crippen molar-refractivity contribution in [2.45, 2.75) is 51.7 Å². The third-order valence-corrected chi connectivity index (χ3v) is 4.27. The largest absolute Gasteiger partial charge is 0.444 e. The van der Waals surface area contributed by atoms with E-state index in [-0.39, 0.29) is 11.6 Å². The van der Waals surface area contributed by atoms with Crippen LogP contribution >= 0.6 is 0 Å². The van der Waals surface area contributed by atoms with Crippen LogP contribution in [0.5, 0.6) is 0 Å². The quantitative estimate of drug-likeness (QED) is 0.739. The fourth-order valence-corrected chi connectivity index (χ4v) is 2.92. The molecule has 2 saturated heterocycles. The van der Waals surface area contributed by atoms with Gasteiger partial charge in [-0.2, -0.15) is 0 Å². The number of likely N-dealkylation sites (tertiary alicyclic amines) is 1. The molecule has 5 heteroatoms. The second-order valence-electron chi connectivity index (χ2n) is 7.06. The summed E-state index contributed by atoms with van der Waals surface area (Å²) in [6, 6.07) is 0. The highest BCUT2D eigenvalue weighted by Gasteiger charge is 2.38. The van der Waals surface area contributed by atoms with Crippen molar-refractivity contribution in [3.05, 3.63) is 0 Å². The predicted octanol–water partition coefficient (Wildman–Crippen LogP) is 2.11. The topological polar surface area (TPSA) is 42.0 Å². The van der Waals surface area contributed by atoms with Crippen LogP contribution in [0.3, 0.4) is 0 Å². The van der Waals surface area contributed by atoms with Crippen LogP contribution in [0.25, 0.3) is 0 Å². The molecule has 0 spiro atoms. The van der Waals surface area contributed by atoms with Gasteiger partial charge in [-0.1, -0.05) is 0 Å². The number of carbonyl (C=O) groups excluding carboxylic acids is 1. The van der Waals surface area contributed by atoms with Crippen LogP contribution in [0.15, 0.2) is 0 Å². The molecule has 0 aromatic carbocycles. The van der Waals surface area contributed by atoms with Gasteiger partial charge in [-0.15, -0.1) is 0 Å². The Balaban J connectivity index is 1.86. The summed E-state index contributed by atoms with van der Waals surface area (Å²) in [7, 11) is 0. The molecule has 0 aliphatic carbocycles. The van der Waals surface area contributed by atoms with Gasteiger partial charge in [0.2, 0.25) is 0 Å². The molecule has 116 valence electrons. The van der Waals surface area contributed by atoms with Gasteiger partial charge >= 0.3 is 6.09 Å². The number of nitrogens with zero attached hydrogens (tertiary/aromatic N) is 2. The molecule has 0 saturated carbocycles. The third-order valence-electron chi connectivity index (χ3n) is 4.27. The minimum Gasteiger partial charge on any atom is -0.444 e. The summed E-state index contributed by atoms with van der Waals surface area (Å²) in [6.07, 6.45) is 1.83. The lowest BCUT2D eigenvalue weighted by molar-refractivity contribution is -0.0435. The summed E-state index contributed by atoms with van der Waals surface area (Å²) in [6.45, 7) is 13.3. The van der Waals surface area contributed by atoms with Crippen LogP contribution in [0.2, 0.25) is 0 Å². The van der Waals surface area contributed by atoms with Gasteiger partial charge in [-0.05, 0) is 40.5 Å². The van der Waals surface area contributed by atoms with E-state index in [2.05, 4.69) is 11.8 Å². The van der Waals surface area contributed by atoms with Gasteiger partial charge in [0.25, 0.3) is 0 Å². The van der Waals surface area contributed by atoms with Crippen molar-refractivity contribution < 1.29 is 14.3 Å². The third kappa shape index (κ3) is 3.85. The molecule has 2 fully saturated rings. The molecule has 0 bridgehead atoms. The first-order valence-corrected chi connectivity index (χ1v) is 7.61. The number of piperidine rings is 1. The molecule has 20 heavy (non-hydrogen) atoms. The van der Waals surface area contributed by atoms with Crippen LogP contribution in [0.4, 0.5) is 4.79 Å². The molecule has 2 heterocycles. The van der Waals surface area contributed by atoms with E-state index < -0.39 is 5.60 Å². The summed E-state index contributed by atoms with van der Waals surface area (Å²) in [4.78, 5) is 16.4. The monoisotopic (exact) mass is 284 g/mol. The van der Waals surface area contributed by atoms with Crippen molar-refractivity contribution in [1.29, 1.82) is 0 Å². The van der Waals surface area contributed by atoms with E-state index in [0.717, 1.165) is 52.2 Å². The van der Waals surface area contributed by atoms with E-state index in [1.54, 1.807) is 0 Å². The molecule has 2 aliphatic rings. The number of rotatable bonds is 1. The number of ether oxygens (including phenoxy) is 2. The highest BCUT2D eigenvalue weighted by molar-refractivity contribution is 5.68. The van der Waals surface area contributed by atoms with Crippen LogP contribution in [0.1, 0.15) is 40.5 Å². The predicted molar refractivity (Wildman–Crippen MR) is 77.8 cm³/mol. The highest BCUT2D eigenvalue weighted by Crippen LogP contribution is 2.29. The Morgan fingerprint density at radius 2 is 1.65 bits per heavy atom. The van der Waals surface area contributed by atoms with Crippen molar-refractivity contribution >= 4 is 6.09 Å². The van der Waals surface area contributed by atoms with Gasteiger partial charge in [0, 0.05) is 31.7 Å².